The fourth-order valence-electron chi connectivity index (χ4n) is 3.64. The van der Waals surface area contributed by atoms with Crippen LogP contribution in [0.2, 0.25) is 0 Å². The standard InChI is InChI=1S/C24H20O5/c1-2-29-18-9-5-14(6-10-18)23-19-13-22(27)21(26)12-16(19)11-20(23)24(28)15-3-7-17(25)8-4-15/h3-10,12-13,25-27H,2,11H2,1H3. The van der Waals surface area contributed by atoms with Crippen LogP contribution in [0.3, 0.4) is 0 Å². The Morgan fingerprint density at radius 2 is 1.59 bits per heavy atom. The van der Waals surface area contributed by atoms with E-state index in [0.29, 0.717) is 29.7 Å². The molecule has 0 aliphatic heterocycles. The Balaban J connectivity index is 1.85. The van der Waals surface area contributed by atoms with Crippen LogP contribution in [0.4, 0.5) is 0 Å². The Hall–Kier alpha value is -3.73. The predicted octanol–water partition coefficient (Wildman–Crippen LogP) is 4.44. The first-order valence-electron chi connectivity index (χ1n) is 9.33. The molecule has 0 amide bonds. The van der Waals surface area contributed by atoms with E-state index in [1.54, 1.807) is 12.1 Å². The summed E-state index contributed by atoms with van der Waals surface area (Å²) in [6, 6.07) is 16.5. The quantitative estimate of drug-likeness (QED) is 0.444. The summed E-state index contributed by atoms with van der Waals surface area (Å²) in [7, 11) is 0. The van der Waals surface area contributed by atoms with Crippen LogP contribution in [0.15, 0.2) is 66.2 Å². The lowest BCUT2D eigenvalue weighted by molar-refractivity contribution is 0.103. The van der Waals surface area contributed by atoms with E-state index in [1.165, 1.54) is 24.3 Å². The van der Waals surface area contributed by atoms with Crippen LogP contribution >= 0.6 is 0 Å². The van der Waals surface area contributed by atoms with Gasteiger partial charge in [0.05, 0.1) is 6.61 Å². The third-order valence-corrected chi connectivity index (χ3v) is 5.00. The maximum absolute atomic E-state index is 13.3. The number of hydrogen-bond acceptors (Lipinski definition) is 5. The molecular weight excluding hydrogens is 368 g/mol. The zero-order valence-corrected chi connectivity index (χ0v) is 15.8. The van der Waals surface area contributed by atoms with Gasteiger partial charge in [-0.05, 0) is 77.7 Å². The van der Waals surface area contributed by atoms with E-state index in [4.69, 9.17) is 4.74 Å². The van der Waals surface area contributed by atoms with Gasteiger partial charge in [-0.15, -0.1) is 0 Å². The third kappa shape index (κ3) is 3.43. The minimum Gasteiger partial charge on any atom is -0.508 e. The molecule has 0 radical (unpaired) electrons. The number of benzene rings is 3. The molecule has 0 spiro atoms. The minimum absolute atomic E-state index is 0.0896. The Labute approximate surface area is 168 Å². The zero-order chi connectivity index (χ0) is 20.5. The summed E-state index contributed by atoms with van der Waals surface area (Å²) < 4.78 is 5.50. The Morgan fingerprint density at radius 1 is 0.931 bits per heavy atom. The van der Waals surface area contributed by atoms with Gasteiger partial charge in [0.15, 0.2) is 17.3 Å². The molecule has 5 heteroatoms. The molecule has 0 atom stereocenters. The number of aromatic hydroxyl groups is 3. The van der Waals surface area contributed by atoms with Crippen molar-refractivity contribution in [3.63, 3.8) is 0 Å². The molecular formula is C24H20O5. The van der Waals surface area contributed by atoms with Gasteiger partial charge in [0, 0.05) is 17.6 Å². The highest BCUT2D eigenvalue weighted by atomic mass is 16.5. The number of ether oxygens (including phenoxy) is 1. The molecule has 5 nitrogen and oxygen atoms in total. The van der Waals surface area contributed by atoms with Gasteiger partial charge in [-0.3, -0.25) is 4.79 Å². The van der Waals surface area contributed by atoms with Crippen molar-refractivity contribution in [2.45, 2.75) is 13.3 Å². The summed E-state index contributed by atoms with van der Waals surface area (Å²) in [6.07, 6.45) is 0.339. The second-order valence-electron chi connectivity index (χ2n) is 6.86. The van der Waals surface area contributed by atoms with Crippen LogP contribution in [0, 0.1) is 0 Å². The normalized spacial score (nSPS) is 12.7. The summed E-state index contributed by atoms with van der Waals surface area (Å²) >= 11 is 0. The van der Waals surface area contributed by atoms with E-state index in [1.807, 2.05) is 31.2 Å². The van der Waals surface area contributed by atoms with Crippen LogP contribution in [0.25, 0.3) is 5.57 Å². The highest BCUT2D eigenvalue weighted by Gasteiger charge is 2.29. The van der Waals surface area contributed by atoms with Gasteiger partial charge in [0.1, 0.15) is 11.5 Å². The number of fused-ring (bicyclic) bond motifs is 1. The lowest BCUT2D eigenvalue weighted by Crippen LogP contribution is -2.05. The third-order valence-electron chi connectivity index (χ3n) is 5.00. The number of Topliss-reactive ketones (excluding diaryl/α,β-unsaturated/α-hetero) is 1. The summed E-state index contributed by atoms with van der Waals surface area (Å²) in [5.74, 6) is 0.213. The molecule has 0 saturated heterocycles. The average molecular weight is 388 g/mol. The van der Waals surface area contributed by atoms with Crippen molar-refractivity contribution >= 4 is 11.4 Å². The second-order valence-corrected chi connectivity index (χ2v) is 6.86. The van der Waals surface area contributed by atoms with Gasteiger partial charge in [-0.1, -0.05) is 12.1 Å². The second kappa shape index (κ2) is 7.36. The number of ketones is 1. The summed E-state index contributed by atoms with van der Waals surface area (Å²) in [5.41, 5.74) is 4.05. The highest BCUT2D eigenvalue weighted by molar-refractivity contribution is 6.16. The molecule has 0 saturated carbocycles. The van der Waals surface area contributed by atoms with E-state index in [2.05, 4.69) is 0 Å². The number of hydrogen-bond donors (Lipinski definition) is 3. The van der Waals surface area contributed by atoms with E-state index >= 15 is 0 Å². The monoisotopic (exact) mass is 388 g/mol. The lowest BCUT2D eigenvalue weighted by Gasteiger charge is -2.11. The molecule has 0 unspecified atom stereocenters. The van der Waals surface area contributed by atoms with Gasteiger partial charge in [0.25, 0.3) is 0 Å². The smallest absolute Gasteiger partial charge is 0.189 e. The van der Waals surface area contributed by atoms with E-state index in [9.17, 15) is 20.1 Å². The Kier molecular flexibility index (Phi) is 4.72. The maximum Gasteiger partial charge on any atom is 0.189 e. The molecule has 4 rings (SSSR count). The number of carbonyl (C=O) groups excluding carboxylic acids is 1. The molecule has 3 aromatic rings. The van der Waals surface area contributed by atoms with Crippen molar-refractivity contribution in [3.05, 3.63) is 88.5 Å². The summed E-state index contributed by atoms with van der Waals surface area (Å²) in [4.78, 5) is 13.3. The van der Waals surface area contributed by atoms with E-state index in [-0.39, 0.29) is 23.0 Å². The molecule has 0 heterocycles. The van der Waals surface area contributed by atoms with Gasteiger partial charge in [-0.2, -0.15) is 0 Å². The van der Waals surface area contributed by atoms with E-state index in [0.717, 1.165) is 22.4 Å². The van der Waals surface area contributed by atoms with Gasteiger partial charge >= 0.3 is 0 Å². The molecule has 3 aromatic carbocycles. The minimum atomic E-state index is -0.231. The van der Waals surface area contributed by atoms with Crippen molar-refractivity contribution in [3.8, 4) is 23.0 Å². The van der Waals surface area contributed by atoms with Crippen LogP contribution in [-0.2, 0) is 6.42 Å². The van der Waals surface area contributed by atoms with Crippen molar-refractivity contribution in [1.29, 1.82) is 0 Å². The molecule has 0 fully saturated rings. The topological polar surface area (TPSA) is 87.0 Å². The molecule has 146 valence electrons. The number of phenolic OH excluding ortho intramolecular Hbond substituents is 3. The fraction of sp³-hybridized carbons (Fsp3) is 0.125. The first-order chi connectivity index (χ1) is 14.0. The Morgan fingerprint density at radius 3 is 2.24 bits per heavy atom. The molecule has 0 bridgehead atoms. The molecule has 1 aliphatic carbocycles. The van der Waals surface area contributed by atoms with Gasteiger partial charge in [-0.25, -0.2) is 0 Å². The molecule has 3 N–H and O–H groups in total. The molecule has 0 aromatic heterocycles. The largest absolute Gasteiger partial charge is 0.508 e. The first kappa shape index (κ1) is 18.6. The summed E-state index contributed by atoms with van der Waals surface area (Å²) in [6.45, 7) is 2.47. The lowest BCUT2D eigenvalue weighted by atomic mass is 9.93. The first-order valence-corrected chi connectivity index (χ1v) is 9.33. The van der Waals surface area contributed by atoms with Crippen LogP contribution in [0.1, 0.15) is 34.0 Å². The number of carbonyl (C=O) groups is 1. The Bertz CT molecular complexity index is 1110. The number of allylic oxidation sites excluding steroid dienone is 1. The van der Waals surface area contributed by atoms with Crippen LogP contribution < -0.4 is 4.74 Å². The highest BCUT2D eigenvalue weighted by Crippen LogP contribution is 2.43. The maximum atomic E-state index is 13.3. The van der Waals surface area contributed by atoms with Gasteiger partial charge in [0.2, 0.25) is 0 Å². The van der Waals surface area contributed by atoms with Gasteiger partial charge < -0.3 is 20.1 Å². The summed E-state index contributed by atoms with van der Waals surface area (Å²) in [5, 5.41) is 29.5. The number of rotatable bonds is 5. The molecule has 1 aliphatic rings. The number of phenols is 3. The van der Waals surface area contributed by atoms with Crippen LogP contribution in [-0.4, -0.2) is 27.7 Å². The zero-order valence-electron chi connectivity index (χ0n) is 15.8. The molecule has 29 heavy (non-hydrogen) atoms. The van der Waals surface area contributed by atoms with Crippen molar-refractivity contribution in [2.75, 3.05) is 6.61 Å². The predicted molar refractivity (Wildman–Crippen MR) is 110 cm³/mol. The SMILES string of the molecule is CCOc1ccc(C2=C(C(=O)c3ccc(O)cc3)Cc3cc(O)c(O)cc32)cc1. The van der Waals surface area contributed by atoms with Crippen molar-refractivity contribution in [2.24, 2.45) is 0 Å². The van der Waals surface area contributed by atoms with E-state index < -0.39 is 0 Å². The van der Waals surface area contributed by atoms with Crippen molar-refractivity contribution < 1.29 is 24.9 Å². The average Bonchev–Trinajstić information content (AvgIpc) is 3.07. The van der Waals surface area contributed by atoms with Crippen LogP contribution in [0.5, 0.6) is 23.0 Å². The van der Waals surface area contributed by atoms with Crippen molar-refractivity contribution in [1.82, 2.24) is 0 Å². The fourth-order valence-corrected chi connectivity index (χ4v) is 3.64.